The average Bonchev–Trinajstić information content (AvgIpc) is 2.13. The maximum atomic E-state index is 5.71. The first-order valence-electron chi connectivity index (χ1n) is 3.73. The van der Waals surface area contributed by atoms with Crippen molar-refractivity contribution in [2.75, 3.05) is 6.54 Å². The summed E-state index contributed by atoms with van der Waals surface area (Å²) in [4.78, 5) is 0. The van der Waals surface area contributed by atoms with Crippen LogP contribution in [0.15, 0.2) is 0 Å². The molecule has 0 radical (unpaired) electrons. The van der Waals surface area contributed by atoms with Gasteiger partial charge in [0.25, 0.3) is 0 Å². The smallest absolute Gasteiger partial charge is 0.0264 e. The summed E-state index contributed by atoms with van der Waals surface area (Å²) in [7, 11) is 0. The second-order valence-electron chi connectivity index (χ2n) is 3.19. The normalized spacial score (nSPS) is 30.0. The zero-order chi connectivity index (χ0) is 6.85. The minimum absolute atomic E-state index is 0.644. The highest BCUT2D eigenvalue weighted by Crippen LogP contribution is 2.19. The van der Waals surface area contributed by atoms with Gasteiger partial charge in [0.05, 0.1) is 0 Å². The summed E-state index contributed by atoms with van der Waals surface area (Å²) >= 11 is 0. The van der Waals surface area contributed by atoms with Gasteiger partial charge in [-0.05, 0) is 18.8 Å². The molecule has 0 aromatic heterocycles. The van der Waals surface area contributed by atoms with E-state index in [4.69, 9.17) is 5.84 Å². The summed E-state index contributed by atoms with van der Waals surface area (Å²) in [5.74, 6) is 6.43. The molecule has 2 nitrogen and oxygen atoms in total. The maximum Gasteiger partial charge on any atom is 0.0264 e. The Kier molecular flexibility index (Phi) is 2.09. The van der Waals surface area contributed by atoms with Crippen molar-refractivity contribution in [2.24, 2.45) is 11.8 Å². The van der Waals surface area contributed by atoms with Crippen molar-refractivity contribution in [3.05, 3.63) is 0 Å². The van der Waals surface area contributed by atoms with Crippen LogP contribution in [-0.2, 0) is 0 Å². The van der Waals surface area contributed by atoms with Crippen molar-refractivity contribution in [2.45, 2.75) is 32.7 Å². The molecule has 1 unspecified atom stereocenters. The van der Waals surface area contributed by atoms with Crippen LogP contribution in [-0.4, -0.2) is 17.6 Å². The quantitative estimate of drug-likeness (QED) is 0.533. The van der Waals surface area contributed by atoms with E-state index in [1.807, 2.05) is 5.01 Å². The molecule has 0 aromatic carbocycles. The summed E-state index contributed by atoms with van der Waals surface area (Å²) in [5, 5.41) is 1.98. The Morgan fingerprint density at radius 2 is 2.22 bits per heavy atom. The molecule has 1 atom stereocenters. The molecule has 0 amide bonds. The van der Waals surface area contributed by atoms with Crippen LogP contribution in [0.1, 0.15) is 26.7 Å². The van der Waals surface area contributed by atoms with Crippen molar-refractivity contribution in [3.8, 4) is 0 Å². The van der Waals surface area contributed by atoms with Crippen LogP contribution < -0.4 is 5.84 Å². The van der Waals surface area contributed by atoms with E-state index < -0.39 is 0 Å². The third kappa shape index (κ3) is 1.43. The molecule has 0 bridgehead atoms. The Morgan fingerprint density at radius 1 is 1.56 bits per heavy atom. The lowest BCUT2D eigenvalue weighted by Gasteiger charge is -2.22. The molecule has 0 aliphatic carbocycles. The second kappa shape index (κ2) is 2.67. The molecule has 54 valence electrons. The Morgan fingerprint density at radius 3 is 2.44 bits per heavy atom. The molecule has 9 heavy (non-hydrogen) atoms. The molecule has 1 aliphatic rings. The van der Waals surface area contributed by atoms with Crippen molar-refractivity contribution in [1.29, 1.82) is 0 Å². The standard InChI is InChI=1S/C7H16N2/c1-6(2)7-4-3-5-9(7)8/h6-7H,3-5,8H2,1-2H3. The molecule has 1 aliphatic heterocycles. The first kappa shape index (κ1) is 7.03. The molecule has 0 spiro atoms. The lowest BCUT2D eigenvalue weighted by atomic mass is 10.0. The predicted molar refractivity (Wildman–Crippen MR) is 38.8 cm³/mol. The minimum atomic E-state index is 0.644. The van der Waals surface area contributed by atoms with Gasteiger partial charge in [0.2, 0.25) is 0 Å². The highest BCUT2D eigenvalue weighted by Gasteiger charge is 2.23. The first-order chi connectivity index (χ1) is 4.22. The molecule has 0 aromatic rings. The number of nitrogens with two attached hydrogens (primary N) is 1. The van der Waals surface area contributed by atoms with Crippen molar-refractivity contribution in [3.63, 3.8) is 0 Å². The van der Waals surface area contributed by atoms with Gasteiger partial charge >= 0.3 is 0 Å². The SMILES string of the molecule is CC(C)C1CCCN1N. The topological polar surface area (TPSA) is 29.3 Å². The number of nitrogens with zero attached hydrogens (tertiary/aromatic N) is 1. The lowest BCUT2D eigenvalue weighted by Crippen LogP contribution is -2.38. The van der Waals surface area contributed by atoms with E-state index in [0.29, 0.717) is 6.04 Å². The van der Waals surface area contributed by atoms with Gasteiger partial charge < -0.3 is 0 Å². The fourth-order valence-corrected chi connectivity index (χ4v) is 1.53. The van der Waals surface area contributed by atoms with Crippen LogP contribution in [0.3, 0.4) is 0 Å². The van der Waals surface area contributed by atoms with E-state index >= 15 is 0 Å². The number of hydrazine groups is 1. The molecule has 1 rings (SSSR count). The maximum absolute atomic E-state index is 5.71. The van der Waals surface area contributed by atoms with Crippen LogP contribution in [0.2, 0.25) is 0 Å². The summed E-state index contributed by atoms with van der Waals surface area (Å²) in [6.07, 6.45) is 2.56. The van der Waals surface area contributed by atoms with Crippen LogP contribution in [0.5, 0.6) is 0 Å². The third-order valence-electron chi connectivity index (χ3n) is 2.11. The van der Waals surface area contributed by atoms with E-state index in [-0.39, 0.29) is 0 Å². The Bertz CT molecular complexity index is 90.9. The van der Waals surface area contributed by atoms with Crippen LogP contribution >= 0.6 is 0 Å². The first-order valence-corrected chi connectivity index (χ1v) is 3.73. The predicted octanol–water partition coefficient (Wildman–Crippen LogP) is 0.980. The fraction of sp³-hybridized carbons (Fsp3) is 1.00. The van der Waals surface area contributed by atoms with E-state index in [9.17, 15) is 0 Å². The van der Waals surface area contributed by atoms with Crippen LogP contribution in [0.25, 0.3) is 0 Å². The van der Waals surface area contributed by atoms with Crippen LogP contribution in [0.4, 0.5) is 0 Å². The molecule has 0 saturated carbocycles. The molecule has 2 heteroatoms. The summed E-state index contributed by atoms with van der Waals surface area (Å²) in [6, 6.07) is 0.644. The minimum Gasteiger partial charge on any atom is -0.269 e. The van der Waals surface area contributed by atoms with E-state index in [0.717, 1.165) is 12.5 Å². The van der Waals surface area contributed by atoms with Crippen molar-refractivity contribution >= 4 is 0 Å². The zero-order valence-corrected chi connectivity index (χ0v) is 6.30. The summed E-state index contributed by atoms with van der Waals surface area (Å²) in [5.41, 5.74) is 0. The van der Waals surface area contributed by atoms with Gasteiger partial charge in [-0.1, -0.05) is 13.8 Å². The fourth-order valence-electron chi connectivity index (χ4n) is 1.53. The van der Waals surface area contributed by atoms with Gasteiger partial charge in [-0.3, -0.25) is 5.84 Å². The van der Waals surface area contributed by atoms with Gasteiger partial charge in [0.15, 0.2) is 0 Å². The summed E-state index contributed by atoms with van der Waals surface area (Å²) in [6.45, 7) is 5.55. The largest absolute Gasteiger partial charge is 0.269 e. The van der Waals surface area contributed by atoms with Crippen molar-refractivity contribution in [1.82, 2.24) is 5.01 Å². The van der Waals surface area contributed by atoms with E-state index in [1.165, 1.54) is 12.8 Å². The monoisotopic (exact) mass is 128 g/mol. The van der Waals surface area contributed by atoms with E-state index in [2.05, 4.69) is 13.8 Å². The number of rotatable bonds is 1. The Labute approximate surface area is 57.0 Å². The third-order valence-corrected chi connectivity index (χ3v) is 2.11. The van der Waals surface area contributed by atoms with Gasteiger partial charge in [-0.15, -0.1) is 0 Å². The molecule has 1 fully saturated rings. The molecule has 1 heterocycles. The van der Waals surface area contributed by atoms with Gasteiger partial charge in [0, 0.05) is 12.6 Å². The highest BCUT2D eigenvalue weighted by molar-refractivity contribution is 4.76. The Balaban J connectivity index is 2.40. The van der Waals surface area contributed by atoms with Crippen LogP contribution in [0, 0.1) is 5.92 Å². The van der Waals surface area contributed by atoms with Gasteiger partial charge in [-0.2, -0.15) is 0 Å². The van der Waals surface area contributed by atoms with E-state index in [1.54, 1.807) is 0 Å². The zero-order valence-electron chi connectivity index (χ0n) is 6.30. The van der Waals surface area contributed by atoms with Gasteiger partial charge in [0.1, 0.15) is 0 Å². The highest BCUT2D eigenvalue weighted by atomic mass is 15.4. The number of hydrogen-bond acceptors (Lipinski definition) is 2. The van der Waals surface area contributed by atoms with Gasteiger partial charge in [-0.25, -0.2) is 5.01 Å². The second-order valence-corrected chi connectivity index (χ2v) is 3.19. The van der Waals surface area contributed by atoms with Crippen molar-refractivity contribution < 1.29 is 0 Å². The molecule has 2 N–H and O–H groups in total. The average molecular weight is 128 g/mol. The molecular weight excluding hydrogens is 112 g/mol. The Hall–Kier alpha value is -0.0800. The lowest BCUT2D eigenvalue weighted by molar-refractivity contribution is 0.212. The molecular formula is C7H16N2. The number of hydrogen-bond donors (Lipinski definition) is 1. The molecule has 1 saturated heterocycles. The summed E-state index contributed by atoms with van der Waals surface area (Å²) < 4.78 is 0.